The van der Waals surface area contributed by atoms with Crippen molar-refractivity contribution < 1.29 is 14.2 Å². The maximum atomic E-state index is 6.92. The van der Waals surface area contributed by atoms with E-state index in [0.717, 1.165) is 68.1 Å². The van der Waals surface area contributed by atoms with Gasteiger partial charge in [-0.25, -0.2) is 0 Å². The summed E-state index contributed by atoms with van der Waals surface area (Å²) in [6, 6.07) is 149. The predicted molar refractivity (Wildman–Crippen MR) is 543 cm³/mol. The quantitative estimate of drug-likeness (QED) is 0.176. The Balaban J connectivity index is 0.0000000908. The highest BCUT2D eigenvalue weighted by molar-refractivity contribution is 8.00. The first kappa shape index (κ1) is 76.2. The number of hydrogen-bond donors (Lipinski definition) is 0. The van der Waals surface area contributed by atoms with Gasteiger partial charge < -0.3 is 32.8 Å². The summed E-state index contributed by atoms with van der Waals surface area (Å²) < 4.78 is 27.7. The maximum absolute atomic E-state index is 6.92. The number of benzene rings is 19. The minimum atomic E-state index is -0.447. The SMILES string of the molecule is CC1(C)c2ccccc2-c2c1ccc1c2Oc2cc(-c3ccccc3)cc3c4ccccc4n-1c23.CC1(C)c2ccccc2-c2c1ccc1c2Oc2cccc3c4ccccc4n-1c23.CC1(C)c2ccccc2-c2c1ccc1c2Sc2ccccc2N1c1ccccc1.c1ccc(C2(c3ccccc3)c3ccccc3-c3c2ccc2c3Oc3cccc4c5ccccc5n-2c34)cc1. The van der Waals surface area contributed by atoms with Gasteiger partial charge in [-0.3, -0.25) is 0 Å². The fourth-order valence-corrected chi connectivity index (χ4v) is 25.1. The van der Waals surface area contributed by atoms with Gasteiger partial charge in [0.1, 0.15) is 0 Å². The second-order valence-electron chi connectivity index (χ2n) is 37.5. The highest BCUT2D eigenvalue weighted by Gasteiger charge is 2.50. The van der Waals surface area contributed by atoms with E-state index >= 15 is 0 Å². The number of rotatable bonds is 4. The fraction of sp³-hybridized carbons (Fsp3) is 0.0806. The molecule has 0 spiro atoms. The lowest BCUT2D eigenvalue weighted by Gasteiger charge is -2.34. The van der Waals surface area contributed by atoms with Crippen LogP contribution in [0.1, 0.15) is 97.2 Å². The second kappa shape index (κ2) is 28.3. The van der Waals surface area contributed by atoms with Crippen molar-refractivity contribution in [3.8, 4) is 107 Å². The molecule has 0 N–H and O–H groups in total. The van der Waals surface area contributed by atoms with Crippen LogP contribution in [0, 0.1) is 0 Å². The van der Waals surface area contributed by atoms with Crippen molar-refractivity contribution in [3.63, 3.8) is 0 Å². The van der Waals surface area contributed by atoms with E-state index in [-0.39, 0.29) is 16.2 Å². The molecule has 0 amide bonds. The van der Waals surface area contributed by atoms with Crippen LogP contribution in [-0.4, -0.2) is 13.7 Å². The van der Waals surface area contributed by atoms with Crippen LogP contribution >= 0.6 is 11.8 Å². The number of fused-ring (bicyclic) bond motifs is 33. The number of para-hydroxylation sites is 7. The van der Waals surface area contributed by atoms with Gasteiger partial charge in [0.05, 0.1) is 67.0 Å². The highest BCUT2D eigenvalue weighted by atomic mass is 32.2. The summed E-state index contributed by atoms with van der Waals surface area (Å²) in [7, 11) is 0. The monoisotopic (exact) mass is 1710 g/mol. The summed E-state index contributed by atoms with van der Waals surface area (Å²) in [5, 5.41) is 7.45. The summed E-state index contributed by atoms with van der Waals surface area (Å²) in [5.41, 5.74) is 39.5. The third-order valence-electron chi connectivity index (χ3n) is 29.7. The first-order chi connectivity index (χ1) is 64.8. The molecule has 0 fully saturated rings. The van der Waals surface area contributed by atoms with E-state index in [1.165, 1.54) is 187 Å². The van der Waals surface area contributed by atoms with Gasteiger partial charge in [0.2, 0.25) is 0 Å². The molecule has 7 nitrogen and oxygen atoms in total. The topological polar surface area (TPSA) is 45.7 Å². The molecule has 132 heavy (non-hydrogen) atoms. The Morgan fingerprint density at radius 3 is 1.09 bits per heavy atom. The van der Waals surface area contributed by atoms with Crippen LogP contribution < -0.4 is 19.1 Å². The standard InChI is InChI=1S/C37H23NO.C33H23NO.C27H19NO.C27H21NS/c1-3-12-24(13-4-1)37(25-14-5-2-6-15-25)29-19-9-7-17-28(29)34-30(37)22-23-32-36(34)39-33-21-11-18-27-26-16-8-10-20-31(26)38(32)35(27)33;1-33(2)25-14-8-6-13-23(25)30-26(33)16-17-28-32(30)35-29-19-21(20-10-4-3-5-11-20)18-24-22-12-7-9-15-27(22)34(28)31(24)29;1-27(2)19-11-5-3-9-18(19)24-20(27)14-15-22-26(24)29-23-13-7-10-17-16-8-4-6-12-21(16)28(22)25(17)23;1-27(2)20-13-7-6-12-19(20)25-21(27)16-17-23-26(25)29-24-15-9-8-14-22(24)28(23)18-10-4-3-5-11-18/h1-23H;3-19H,1-2H3;3-15H,1-2H3;3-17H,1-2H3. The van der Waals surface area contributed by atoms with Gasteiger partial charge in [-0.2, -0.15) is 0 Å². The molecule has 626 valence electrons. The third-order valence-corrected chi connectivity index (χ3v) is 30.9. The van der Waals surface area contributed by atoms with Crippen molar-refractivity contribution in [2.75, 3.05) is 4.90 Å². The summed E-state index contributed by atoms with van der Waals surface area (Å²) in [6.45, 7) is 13.9. The van der Waals surface area contributed by atoms with E-state index in [1.54, 1.807) is 0 Å². The van der Waals surface area contributed by atoms with Crippen molar-refractivity contribution in [1.29, 1.82) is 0 Å². The van der Waals surface area contributed by atoms with E-state index in [0.29, 0.717) is 0 Å². The van der Waals surface area contributed by atoms with E-state index in [2.05, 4.69) is 473 Å². The molecular weight excluding hydrogens is 1630 g/mol. The Morgan fingerprint density at radius 2 is 0.591 bits per heavy atom. The lowest BCUT2D eigenvalue weighted by atomic mass is 9.67. The Hall–Kier alpha value is -15.9. The lowest BCUT2D eigenvalue weighted by molar-refractivity contribution is 0.477. The molecule has 22 aromatic rings. The molecule has 8 aliphatic rings. The normalized spacial score (nSPS) is 14.7. The van der Waals surface area contributed by atoms with Gasteiger partial charge in [0, 0.05) is 86.3 Å². The number of aromatic nitrogens is 3. The third kappa shape index (κ3) is 10.5. The van der Waals surface area contributed by atoms with Gasteiger partial charge >= 0.3 is 0 Å². The Bertz CT molecular complexity index is 8650. The zero-order valence-corrected chi connectivity index (χ0v) is 74.5. The van der Waals surface area contributed by atoms with Crippen LogP contribution in [0.2, 0.25) is 0 Å². The van der Waals surface area contributed by atoms with E-state index < -0.39 is 5.41 Å². The summed E-state index contributed by atoms with van der Waals surface area (Å²) >= 11 is 1.91. The Labute approximate surface area is 769 Å². The largest absolute Gasteiger partial charge is 0.452 e. The van der Waals surface area contributed by atoms with Gasteiger partial charge in [0.15, 0.2) is 34.5 Å². The minimum Gasteiger partial charge on any atom is -0.452 e. The molecule has 0 bridgehead atoms. The van der Waals surface area contributed by atoms with Crippen LogP contribution in [0.4, 0.5) is 17.1 Å². The molecule has 3 aromatic heterocycles. The van der Waals surface area contributed by atoms with Crippen molar-refractivity contribution >= 4 is 94.2 Å². The predicted octanol–water partition coefficient (Wildman–Crippen LogP) is 33.2. The van der Waals surface area contributed by atoms with E-state index in [1.807, 2.05) is 11.8 Å². The minimum absolute atomic E-state index is 0.0239. The number of ether oxygens (including phenoxy) is 3. The van der Waals surface area contributed by atoms with Crippen LogP contribution in [0.25, 0.3) is 138 Å². The number of anilines is 3. The molecular formula is C124H86N4O3S. The van der Waals surface area contributed by atoms with Crippen LogP contribution in [0.3, 0.4) is 0 Å². The molecule has 0 saturated carbocycles. The fourth-order valence-electron chi connectivity index (χ4n) is 23.8. The van der Waals surface area contributed by atoms with Gasteiger partial charge in [-0.1, -0.05) is 375 Å². The molecule has 7 heterocycles. The Morgan fingerprint density at radius 1 is 0.235 bits per heavy atom. The average Bonchev–Trinajstić information content (AvgIpc) is 1.50. The molecule has 19 aromatic carbocycles. The molecule has 4 aliphatic carbocycles. The van der Waals surface area contributed by atoms with E-state index in [4.69, 9.17) is 14.2 Å². The Kier molecular flexibility index (Phi) is 16.3. The van der Waals surface area contributed by atoms with Gasteiger partial charge in [-0.05, 0) is 180 Å². The van der Waals surface area contributed by atoms with Gasteiger partial charge in [-0.15, -0.1) is 0 Å². The average molecular weight is 1710 g/mol. The second-order valence-corrected chi connectivity index (χ2v) is 38.6. The van der Waals surface area contributed by atoms with Crippen molar-refractivity contribution in [3.05, 3.63) is 468 Å². The van der Waals surface area contributed by atoms with Crippen molar-refractivity contribution in [2.24, 2.45) is 0 Å². The molecule has 0 atom stereocenters. The molecule has 4 aliphatic heterocycles. The first-order valence-electron chi connectivity index (χ1n) is 45.9. The number of hydrogen-bond acceptors (Lipinski definition) is 5. The molecule has 0 radical (unpaired) electrons. The lowest BCUT2D eigenvalue weighted by Crippen LogP contribution is -2.28. The van der Waals surface area contributed by atoms with Crippen LogP contribution in [-0.2, 0) is 21.7 Å². The van der Waals surface area contributed by atoms with Crippen molar-refractivity contribution in [2.45, 2.75) is 73.0 Å². The summed E-state index contributed by atoms with van der Waals surface area (Å²) in [5.74, 6) is 5.61. The zero-order chi connectivity index (χ0) is 87.8. The first-order valence-corrected chi connectivity index (χ1v) is 46.7. The molecule has 0 unspecified atom stereocenters. The summed E-state index contributed by atoms with van der Waals surface area (Å²) in [6.07, 6.45) is 0. The smallest absolute Gasteiger partial charge is 0.159 e. The zero-order valence-electron chi connectivity index (χ0n) is 73.7. The van der Waals surface area contributed by atoms with Crippen LogP contribution in [0.15, 0.2) is 422 Å². The van der Waals surface area contributed by atoms with Gasteiger partial charge in [0.25, 0.3) is 0 Å². The maximum Gasteiger partial charge on any atom is 0.159 e. The highest BCUT2D eigenvalue weighted by Crippen LogP contribution is 2.66. The molecule has 0 saturated heterocycles. The molecule has 30 rings (SSSR count). The van der Waals surface area contributed by atoms with E-state index in [9.17, 15) is 0 Å². The molecule has 8 heteroatoms. The number of nitrogens with zero attached hydrogens (tertiary/aromatic N) is 4. The van der Waals surface area contributed by atoms with Crippen LogP contribution in [0.5, 0.6) is 34.5 Å². The summed E-state index contributed by atoms with van der Waals surface area (Å²) in [4.78, 5) is 5.08. The van der Waals surface area contributed by atoms with Crippen molar-refractivity contribution in [1.82, 2.24) is 13.7 Å².